The highest BCUT2D eigenvalue weighted by Gasteiger charge is 2.31. The molecule has 0 radical (unpaired) electrons. The zero-order chi connectivity index (χ0) is 18.2. The minimum atomic E-state index is -3.75. The molecule has 126 valence electrons. The van der Waals surface area contributed by atoms with Crippen molar-refractivity contribution < 1.29 is 17.6 Å². The number of oxazole rings is 1. The van der Waals surface area contributed by atoms with Gasteiger partial charge in [0.15, 0.2) is 11.5 Å². The summed E-state index contributed by atoms with van der Waals surface area (Å²) in [5, 5.41) is 8.65. The first kappa shape index (κ1) is 17.0. The van der Waals surface area contributed by atoms with Crippen molar-refractivity contribution in [2.45, 2.75) is 11.1 Å². The van der Waals surface area contributed by atoms with Crippen LogP contribution < -0.4 is 0 Å². The summed E-state index contributed by atoms with van der Waals surface area (Å²) in [5.74, 6) is -2.37. The quantitative estimate of drug-likeness (QED) is 0.500. The van der Waals surface area contributed by atoms with E-state index in [1.165, 1.54) is 0 Å². The number of halogens is 1. The highest BCUT2D eigenvalue weighted by molar-refractivity contribution is 7.90. The van der Waals surface area contributed by atoms with Gasteiger partial charge >= 0.3 is 0 Å². The molecule has 0 saturated carbocycles. The van der Waals surface area contributed by atoms with E-state index in [2.05, 4.69) is 15.0 Å². The molecule has 3 aromatic rings. The van der Waals surface area contributed by atoms with Gasteiger partial charge in [0, 0.05) is 6.26 Å². The number of benzene rings is 1. The minimum absolute atomic E-state index is 0.121. The first-order chi connectivity index (χ1) is 11.8. The highest BCUT2D eigenvalue weighted by atomic mass is 35.5. The maximum absolute atomic E-state index is 12.7. The number of nitriles is 1. The second kappa shape index (κ2) is 6.23. The van der Waals surface area contributed by atoms with Gasteiger partial charge in [-0.1, -0.05) is 23.7 Å². The van der Waals surface area contributed by atoms with Crippen LogP contribution in [-0.4, -0.2) is 35.4 Å². The number of carbonyl (C=O) groups excluding carboxylic acids is 1. The molecule has 3 rings (SSSR count). The van der Waals surface area contributed by atoms with Crippen molar-refractivity contribution in [2.24, 2.45) is 0 Å². The van der Waals surface area contributed by atoms with Crippen molar-refractivity contribution in [1.29, 1.82) is 5.26 Å². The Bertz CT molecular complexity index is 1100. The molecule has 0 aliphatic heterocycles. The van der Waals surface area contributed by atoms with Crippen LogP contribution in [0.2, 0.25) is 5.02 Å². The largest absolute Gasteiger partial charge is 0.439 e. The normalized spacial score (nSPS) is 12.7. The summed E-state index contributed by atoms with van der Waals surface area (Å²) in [6.07, 6.45) is 1.89. The number of rotatable bonds is 4. The zero-order valence-corrected chi connectivity index (χ0v) is 14.2. The van der Waals surface area contributed by atoms with Crippen molar-refractivity contribution in [3.8, 4) is 6.07 Å². The number of hydrogen-bond donors (Lipinski definition) is 0. The van der Waals surface area contributed by atoms with Gasteiger partial charge in [-0.2, -0.15) is 5.26 Å². The molecule has 0 aliphatic rings. The zero-order valence-electron chi connectivity index (χ0n) is 12.7. The molecule has 1 atom stereocenters. The number of fused-ring (bicyclic) bond motifs is 1. The van der Waals surface area contributed by atoms with E-state index in [1.807, 2.05) is 0 Å². The molecule has 0 amide bonds. The Morgan fingerprint density at radius 3 is 2.68 bits per heavy atom. The van der Waals surface area contributed by atoms with Gasteiger partial charge in [-0.15, -0.1) is 0 Å². The molecule has 0 N–H and O–H groups in total. The lowest BCUT2D eigenvalue weighted by molar-refractivity contribution is 0.0964. The molecule has 0 spiro atoms. The minimum Gasteiger partial charge on any atom is -0.439 e. The number of ketones is 1. The van der Waals surface area contributed by atoms with Crippen molar-refractivity contribution in [3.05, 3.63) is 47.1 Å². The van der Waals surface area contributed by atoms with E-state index < -0.39 is 26.7 Å². The smallest absolute Gasteiger partial charge is 0.247 e. The molecule has 2 heterocycles. The van der Waals surface area contributed by atoms with E-state index in [4.69, 9.17) is 16.0 Å². The maximum Gasteiger partial charge on any atom is 0.247 e. The molecular formula is C15H9ClN4O4S. The second-order valence-electron chi connectivity index (χ2n) is 5.07. The molecule has 2 aromatic heterocycles. The van der Waals surface area contributed by atoms with Crippen LogP contribution in [-0.2, 0) is 9.84 Å². The van der Waals surface area contributed by atoms with Gasteiger partial charge in [-0.05, 0) is 12.1 Å². The number of carbonyl (C=O) groups is 1. The molecular weight excluding hydrogens is 368 g/mol. The molecule has 0 aliphatic carbocycles. The summed E-state index contributed by atoms with van der Waals surface area (Å²) in [4.78, 5) is 24.0. The lowest BCUT2D eigenvalue weighted by Gasteiger charge is -2.06. The van der Waals surface area contributed by atoms with Crippen LogP contribution in [0.5, 0.6) is 0 Å². The van der Waals surface area contributed by atoms with Gasteiger partial charge in [0.2, 0.25) is 26.7 Å². The summed E-state index contributed by atoms with van der Waals surface area (Å²) in [7, 11) is -3.75. The van der Waals surface area contributed by atoms with Crippen LogP contribution in [0.25, 0.3) is 11.1 Å². The van der Waals surface area contributed by atoms with E-state index in [0.29, 0.717) is 11.1 Å². The monoisotopic (exact) mass is 376 g/mol. The average molecular weight is 377 g/mol. The summed E-state index contributed by atoms with van der Waals surface area (Å²) in [5.41, 5.74) is 0.512. The van der Waals surface area contributed by atoms with Crippen LogP contribution in [0, 0.1) is 11.3 Å². The van der Waals surface area contributed by atoms with Crippen molar-refractivity contribution in [2.75, 3.05) is 6.26 Å². The number of aromatic nitrogens is 3. The molecule has 0 fully saturated rings. The van der Waals surface area contributed by atoms with Gasteiger partial charge < -0.3 is 4.42 Å². The topological polar surface area (TPSA) is 127 Å². The Hall–Kier alpha value is -2.83. The van der Waals surface area contributed by atoms with Gasteiger partial charge in [-0.3, -0.25) is 4.79 Å². The lowest BCUT2D eigenvalue weighted by atomic mass is 10.0. The molecule has 0 unspecified atom stereocenters. The van der Waals surface area contributed by atoms with E-state index >= 15 is 0 Å². The summed E-state index contributed by atoms with van der Waals surface area (Å²) in [6.45, 7) is 0. The van der Waals surface area contributed by atoms with Gasteiger partial charge in [-0.25, -0.2) is 23.4 Å². The van der Waals surface area contributed by atoms with Crippen LogP contribution in [0.1, 0.15) is 22.3 Å². The summed E-state index contributed by atoms with van der Waals surface area (Å²) < 4.78 is 28.6. The third-order valence-electron chi connectivity index (χ3n) is 3.24. The third kappa shape index (κ3) is 3.22. The first-order valence-corrected chi connectivity index (χ1v) is 9.10. The Morgan fingerprint density at radius 1 is 1.32 bits per heavy atom. The molecule has 0 bridgehead atoms. The van der Waals surface area contributed by atoms with Gasteiger partial charge in [0.25, 0.3) is 0 Å². The molecule has 1 aromatic carbocycles. The number of sulfone groups is 1. The molecule has 10 heteroatoms. The van der Waals surface area contributed by atoms with Crippen LogP contribution in [0.15, 0.2) is 40.0 Å². The van der Waals surface area contributed by atoms with Crippen LogP contribution >= 0.6 is 11.6 Å². The standard InChI is InChI=1S/C15H9ClN4O4S/c1-25(22,23)15-18-7-9(16)12(20-15)13(21)8(6-17)14-19-10-4-2-3-5-11(10)24-14/h2-5,7-8H,1H3/t8-/m1/s1. The SMILES string of the molecule is CS(=O)(=O)c1ncc(Cl)c(C(=O)[C@@H](C#N)c2nc3ccccc3o2)n1. The lowest BCUT2D eigenvalue weighted by Crippen LogP contribution is -2.16. The first-order valence-electron chi connectivity index (χ1n) is 6.83. The predicted molar refractivity (Wildman–Crippen MR) is 86.8 cm³/mol. The molecule has 8 nitrogen and oxygen atoms in total. The number of hydrogen-bond acceptors (Lipinski definition) is 8. The Balaban J connectivity index is 2.08. The average Bonchev–Trinajstić information content (AvgIpc) is 2.98. The summed E-state index contributed by atoms with van der Waals surface area (Å²) >= 11 is 5.91. The summed E-state index contributed by atoms with van der Waals surface area (Å²) in [6, 6.07) is 8.56. The van der Waals surface area contributed by atoms with Crippen molar-refractivity contribution in [1.82, 2.24) is 15.0 Å². The van der Waals surface area contributed by atoms with Crippen LogP contribution in [0.3, 0.4) is 0 Å². The van der Waals surface area contributed by atoms with Crippen molar-refractivity contribution >= 4 is 38.3 Å². The molecule has 0 saturated heterocycles. The highest BCUT2D eigenvalue weighted by Crippen LogP contribution is 2.26. The second-order valence-corrected chi connectivity index (χ2v) is 7.38. The number of para-hydroxylation sites is 2. The molecule has 25 heavy (non-hydrogen) atoms. The third-order valence-corrected chi connectivity index (χ3v) is 4.37. The van der Waals surface area contributed by atoms with E-state index in [-0.39, 0.29) is 16.6 Å². The van der Waals surface area contributed by atoms with E-state index in [0.717, 1.165) is 12.5 Å². The Morgan fingerprint density at radius 2 is 2.04 bits per heavy atom. The fourth-order valence-electron chi connectivity index (χ4n) is 2.08. The van der Waals surface area contributed by atoms with E-state index in [1.54, 1.807) is 30.3 Å². The maximum atomic E-state index is 12.7. The number of Topliss-reactive ketones (excluding diaryl/α,β-unsaturated/α-hetero) is 1. The van der Waals surface area contributed by atoms with Crippen molar-refractivity contribution in [3.63, 3.8) is 0 Å². The fourth-order valence-corrected chi connectivity index (χ4v) is 2.76. The Labute approximate surface area is 147 Å². The predicted octanol–water partition coefficient (Wildman–Crippen LogP) is 2.16. The Kier molecular flexibility index (Phi) is 4.24. The van der Waals surface area contributed by atoms with Crippen LogP contribution in [0.4, 0.5) is 0 Å². The van der Waals surface area contributed by atoms with Gasteiger partial charge in [0.05, 0.1) is 17.3 Å². The van der Waals surface area contributed by atoms with E-state index in [9.17, 15) is 18.5 Å². The number of nitrogens with zero attached hydrogens (tertiary/aromatic N) is 4. The van der Waals surface area contributed by atoms with Gasteiger partial charge in [0.1, 0.15) is 11.2 Å². The fraction of sp³-hybridized carbons (Fsp3) is 0.133.